The Kier molecular flexibility index (Phi) is 5.16. The molecule has 0 bridgehead atoms. The van der Waals surface area contributed by atoms with Gasteiger partial charge in [0.15, 0.2) is 0 Å². The maximum absolute atomic E-state index is 12.6. The Bertz CT molecular complexity index is 530. The van der Waals surface area contributed by atoms with Crippen LogP contribution in [0.3, 0.4) is 0 Å². The molecule has 0 fully saturated rings. The molecule has 1 aromatic carbocycles. The predicted octanol–water partition coefficient (Wildman–Crippen LogP) is 1.22. The van der Waals surface area contributed by atoms with E-state index in [2.05, 4.69) is 5.32 Å². The summed E-state index contributed by atoms with van der Waals surface area (Å²) in [6.07, 6.45) is 1.80. The third kappa shape index (κ3) is 3.72. The van der Waals surface area contributed by atoms with Gasteiger partial charge in [-0.2, -0.15) is 0 Å². The summed E-state index contributed by atoms with van der Waals surface area (Å²) < 4.78 is 4.95. The molecule has 6 heteroatoms. The molecule has 0 saturated heterocycles. The van der Waals surface area contributed by atoms with Crippen molar-refractivity contribution in [1.82, 2.24) is 4.90 Å². The van der Waals surface area contributed by atoms with Crippen LogP contribution in [0.4, 0.5) is 5.69 Å². The SMILES string of the molecule is COCCN(CC(=O)O)C(=O)c1cccc2c1CCCN2. The van der Waals surface area contributed by atoms with Gasteiger partial charge in [-0.25, -0.2) is 0 Å². The van der Waals surface area contributed by atoms with E-state index in [0.29, 0.717) is 12.2 Å². The third-order valence-electron chi connectivity index (χ3n) is 3.50. The van der Waals surface area contributed by atoms with Crippen molar-refractivity contribution in [3.05, 3.63) is 29.3 Å². The average molecular weight is 292 g/mol. The first-order valence-corrected chi connectivity index (χ1v) is 6.99. The lowest BCUT2D eigenvalue weighted by molar-refractivity contribution is -0.137. The van der Waals surface area contributed by atoms with Crippen molar-refractivity contribution < 1.29 is 19.4 Å². The Morgan fingerprint density at radius 1 is 1.43 bits per heavy atom. The van der Waals surface area contributed by atoms with Gasteiger partial charge in [0.25, 0.3) is 5.91 Å². The number of methoxy groups -OCH3 is 1. The highest BCUT2D eigenvalue weighted by atomic mass is 16.5. The Balaban J connectivity index is 2.25. The fourth-order valence-corrected chi connectivity index (χ4v) is 2.50. The van der Waals surface area contributed by atoms with E-state index in [1.54, 1.807) is 6.07 Å². The highest BCUT2D eigenvalue weighted by Crippen LogP contribution is 2.26. The molecule has 0 unspecified atom stereocenters. The molecule has 21 heavy (non-hydrogen) atoms. The van der Waals surface area contributed by atoms with Crippen molar-refractivity contribution in [3.8, 4) is 0 Å². The molecule has 1 amide bonds. The number of carbonyl (C=O) groups excluding carboxylic acids is 1. The lowest BCUT2D eigenvalue weighted by Crippen LogP contribution is -2.38. The highest BCUT2D eigenvalue weighted by Gasteiger charge is 2.23. The van der Waals surface area contributed by atoms with Gasteiger partial charge in [0.05, 0.1) is 6.61 Å². The van der Waals surface area contributed by atoms with E-state index in [1.807, 2.05) is 12.1 Å². The quantitative estimate of drug-likeness (QED) is 0.824. The number of carboxylic acid groups (broad SMARTS) is 1. The molecule has 0 atom stereocenters. The monoisotopic (exact) mass is 292 g/mol. The number of fused-ring (bicyclic) bond motifs is 1. The van der Waals surface area contributed by atoms with Crippen molar-refractivity contribution in [3.63, 3.8) is 0 Å². The molecule has 0 aromatic heterocycles. The number of rotatable bonds is 6. The summed E-state index contributed by atoms with van der Waals surface area (Å²) in [4.78, 5) is 24.9. The van der Waals surface area contributed by atoms with Crippen molar-refractivity contribution in [1.29, 1.82) is 0 Å². The zero-order valence-electron chi connectivity index (χ0n) is 12.1. The summed E-state index contributed by atoms with van der Waals surface area (Å²) >= 11 is 0. The van der Waals surface area contributed by atoms with E-state index in [4.69, 9.17) is 9.84 Å². The lowest BCUT2D eigenvalue weighted by Gasteiger charge is -2.25. The van der Waals surface area contributed by atoms with Crippen LogP contribution in [0.5, 0.6) is 0 Å². The number of amides is 1. The second-order valence-electron chi connectivity index (χ2n) is 4.98. The number of aliphatic carboxylic acids is 1. The van der Waals surface area contributed by atoms with Crippen LogP contribution in [0.15, 0.2) is 18.2 Å². The summed E-state index contributed by atoms with van der Waals surface area (Å²) in [7, 11) is 1.53. The van der Waals surface area contributed by atoms with E-state index in [9.17, 15) is 9.59 Å². The van der Waals surface area contributed by atoms with Gasteiger partial charge in [0, 0.05) is 31.5 Å². The van der Waals surface area contributed by atoms with Gasteiger partial charge in [-0.3, -0.25) is 9.59 Å². The van der Waals surface area contributed by atoms with Crippen LogP contribution < -0.4 is 5.32 Å². The van der Waals surface area contributed by atoms with Crippen LogP contribution in [-0.4, -0.2) is 55.2 Å². The Labute approximate surface area is 123 Å². The molecule has 1 aliphatic rings. The molecule has 114 valence electrons. The molecule has 0 aliphatic carbocycles. The van der Waals surface area contributed by atoms with Crippen molar-refractivity contribution in [2.45, 2.75) is 12.8 Å². The second-order valence-corrected chi connectivity index (χ2v) is 4.98. The molecule has 1 aromatic rings. The smallest absolute Gasteiger partial charge is 0.323 e. The molecular weight excluding hydrogens is 272 g/mol. The molecule has 0 spiro atoms. The normalized spacial score (nSPS) is 13.2. The van der Waals surface area contributed by atoms with Gasteiger partial charge < -0.3 is 20.1 Å². The van der Waals surface area contributed by atoms with Crippen LogP contribution in [0.2, 0.25) is 0 Å². The van der Waals surface area contributed by atoms with E-state index in [1.165, 1.54) is 12.0 Å². The molecule has 2 rings (SSSR count). The first-order valence-electron chi connectivity index (χ1n) is 6.99. The highest BCUT2D eigenvalue weighted by molar-refractivity contribution is 5.98. The predicted molar refractivity (Wildman–Crippen MR) is 78.7 cm³/mol. The van der Waals surface area contributed by atoms with Crippen LogP contribution in [0.1, 0.15) is 22.3 Å². The third-order valence-corrected chi connectivity index (χ3v) is 3.50. The number of hydrogen-bond acceptors (Lipinski definition) is 4. The topological polar surface area (TPSA) is 78.9 Å². The Morgan fingerprint density at radius 3 is 2.95 bits per heavy atom. The summed E-state index contributed by atoms with van der Waals surface area (Å²) in [6.45, 7) is 1.15. The minimum atomic E-state index is -1.03. The fourth-order valence-electron chi connectivity index (χ4n) is 2.50. The van der Waals surface area contributed by atoms with Crippen LogP contribution in [0.25, 0.3) is 0 Å². The van der Waals surface area contributed by atoms with Gasteiger partial charge in [-0.15, -0.1) is 0 Å². The van der Waals surface area contributed by atoms with E-state index in [0.717, 1.165) is 30.6 Å². The average Bonchev–Trinajstić information content (AvgIpc) is 2.50. The summed E-state index contributed by atoms with van der Waals surface area (Å²) in [5.41, 5.74) is 2.52. The number of carboxylic acids is 1. The summed E-state index contributed by atoms with van der Waals surface area (Å²) in [6, 6.07) is 5.53. The minimum absolute atomic E-state index is 0.255. The zero-order chi connectivity index (χ0) is 15.2. The molecule has 1 aliphatic heterocycles. The number of hydrogen-bond donors (Lipinski definition) is 2. The fraction of sp³-hybridized carbons (Fsp3) is 0.467. The number of ether oxygens (including phenoxy) is 1. The van der Waals surface area contributed by atoms with E-state index in [-0.39, 0.29) is 19.0 Å². The largest absolute Gasteiger partial charge is 0.480 e. The van der Waals surface area contributed by atoms with E-state index >= 15 is 0 Å². The first-order chi connectivity index (χ1) is 10.1. The molecule has 0 radical (unpaired) electrons. The van der Waals surface area contributed by atoms with Crippen LogP contribution in [0, 0.1) is 0 Å². The summed E-state index contributed by atoms with van der Waals surface area (Å²) in [5, 5.41) is 12.2. The van der Waals surface area contributed by atoms with Gasteiger partial charge in [-0.05, 0) is 30.5 Å². The molecule has 1 heterocycles. The lowest BCUT2D eigenvalue weighted by atomic mass is 9.97. The minimum Gasteiger partial charge on any atom is -0.480 e. The number of nitrogens with one attached hydrogen (secondary N) is 1. The zero-order valence-corrected chi connectivity index (χ0v) is 12.1. The second kappa shape index (κ2) is 7.08. The van der Waals surface area contributed by atoms with Crippen molar-refractivity contribution in [2.24, 2.45) is 0 Å². The first kappa shape index (κ1) is 15.3. The van der Waals surface area contributed by atoms with Crippen LogP contribution in [-0.2, 0) is 16.0 Å². The van der Waals surface area contributed by atoms with Gasteiger partial charge in [0.2, 0.25) is 0 Å². The van der Waals surface area contributed by atoms with Crippen molar-refractivity contribution in [2.75, 3.05) is 38.7 Å². The van der Waals surface area contributed by atoms with Crippen LogP contribution >= 0.6 is 0 Å². The van der Waals surface area contributed by atoms with Crippen molar-refractivity contribution >= 4 is 17.6 Å². The molecule has 0 saturated carbocycles. The Hall–Kier alpha value is -2.08. The number of benzene rings is 1. The standard InChI is InChI=1S/C15H20N2O4/c1-21-9-8-17(10-14(18)19)15(20)12-4-2-6-13-11(12)5-3-7-16-13/h2,4,6,16H,3,5,7-10H2,1H3,(H,18,19). The maximum Gasteiger partial charge on any atom is 0.323 e. The number of anilines is 1. The molecule has 2 N–H and O–H groups in total. The summed E-state index contributed by atoms with van der Waals surface area (Å²) in [5.74, 6) is -1.28. The van der Waals surface area contributed by atoms with E-state index < -0.39 is 5.97 Å². The molecule has 6 nitrogen and oxygen atoms in total. The maximum atomic E-state index is 12.6. The van der Waals surface area contributed by atoms with Gasteiger partial charge in [-0.1, -0.05) is 6.07 Å². The number of carbonyl (C=O) groups is 2. The number of nitrogens with zero attached hydrogens (tertiary/aromatic N) is 1. The van der Waals surface area contributed by atoms with Gasteiger partial charge in [0.1, 0.15) is 6.54 Å². The van der Waals surface area contributed by atoms with Gasteiger partial charge >= 0.3 is 5.97 Å². The molecular formula is C15H20N2O4. The Morgan fingerprint density at radius 2 is 2.24 bits per heavy atom.